The molecule has 0 radical (unpaired) electrons. The van der Waals surface area contributed by atoms with Gasteiger partial charge in [-0.05, 0) is 6.42 Å². The average molecular weight is 355 g/mol. The highest BCUT2D eigenvalue weighted by Crippen LogP contribution is 2.29. The van der Waals surface area contributed by atoms with Crippen molar-refractivity contribution >= 4 is 11.6 Å². The van der Waals surface area contributed by atoms with E-state index in [1.54, 1.807) is 0 Å². The van der Waals surface area contributed by atoms with E-state index < -0.39 is 11.9 Å². The number of nitrogens with one attached hydrogen (secondary N) is 1. The van der Waals surface area contributed by atoms with Crippen molar-refractivity contribution in [1.82, 2.24) is 29.7 Å². The standard InChI is InChI=1S/C14H16F3N7O/c1-8(2)12-22-11(25-23-12)4-3-5-18-10-6-9(14(15,16)17)21-13-19-7-20-24(10)13/h6-8,18H,3-5H2,1-2H3. The normalized spacial score (nSPS) is 12.2. The first-order valence-electron chi connectivity index (χ1n) is 7.69. The van der Waals surface area contributed by atoms with Crippen LogP contribution in [0.15, 0.2) is 16.9 Å². The van der Waals surface area contributed by atoms with Crippen LogP contribution < -0.4 is 5.32 Å². The van der Waals surface area contributed by atoms with Gasteiger partial charge in [0.2, 0.25) is 5.89 Å². The maximum absolute atomic E-state index is 12.9. The Balaban J connectivity index is 1.65. The first-order valence-corrected chi connectivity index (χ1v) is 7.69. The Hall–Kier alpha value is -2.72. The van der Waals surface area contributed by atoms with Crippen molar-refractivity contribution in [2.24, 2.45) is 0 Å². The summed E-state index contributed by atoms with van der Waals surface area (Å²) in [5, 5.41) is 10.7. The summed E-state index contributed by atoms with van der Waals surface area (Å²) in [5.41, 5.74) is -1.02. The molecule has 25 heavy (non-hydrogen) atoms. The van der Waals surface area contributed by atoms with Crippen molar-refractivity contribution in [3.05, 3.63) is 29.8 Å². The third-order valence-corrected chi connectivity index (χ3v) is 3.42. The van der Waals surface area contributed by atoms with E-state index in [0.29, 0.717) is 31.1 Å². The van der Waals surface area contributed by atoms with Gasteiger partial charge in [0.15, 0.2) is 11.5 Å². The first kappa shape index (κ1) is 17.1. The van der Waals surface area contributed by atoms with Crippen LogP contribution in [-0.4, -0.2) is 36.3 Å². The third-order valence-electron chi connectivity index (χ3n) is 3.42. The molecular weight excluding hydrogens is 339 g/mol. The number of nitrogens with zero attached hydrogens (tertiary/aromatic N) is 6. The topological polar surface area (TPSA) is 94.0 Å². The van der Waals surface area contributed by atoms with Crippen LogP contribution in [0.1, 0.15) is 43.6 Å². The van der Waals surface area contributed by atoms with Gasteiger partial charge in [0.1, 0.15) is 12.1 Å². The number of anilines is 1. The average Bonchev–Trinajstić information content (AvgIpc) is 3.19. The molecule has 0 spiro atoms. The molecule has 0 saturated carbocycles. The lowest BCUT2D eigenvalue weighted by molar-refractivity contribution is -0.141. The number of alkyl halides is 3. The molecule has 3 aromatic rings. The van der Waals surface area contributed by atoms with Crippen LogP contribution in [0.3, 0.4) is 0 Å². The smallest absolute Gasteiger partial charge is 0.370 e. The zero-order valence-electron chi connectivity index (χ0n) is 13.6. The zero-order valence-corrected chi connectivity index (χ0v) is 13.6. The van der Waals surface area contributed by atoms with Gasteiger partial charge in [-0.25, -0.2) is 4.98 Å². The summed E-state index contributed by atoms with van der Waals surface area (Å²) in [7, 11) is 0. The maximum Gasteiger partial charge on any atom is 0.433 e. The molecule has 134 valence electrons. The predicted molar refractivity (Wildman–Crippen MR) is 81.0 cm³/mol. The molecule has 0 aliphatic carbocycles. The minimum Gasteiger partial charge on any atom is -0.370 e. The quantitative estimate of drug-likeness (QED) is 0.679. The van der Waals surface area contributed by atoms with Crippen molar-refractivity contribution in [2.75, 3.05) is 11.9 Å². The fourth-order valence-corrected chi connectivity index (χ4v) is 2.14. The van der Waals surface area contributed by atoms with E-state index in [-0.39, 0.29) is 17.5 Å². The van der Waals surface area contributed by atoms with Crippen LogP contribution in [0.5, 0.6) is 0 Å². The predicted octanol–water partition coefficient (Wildman–Crippen LogP) is 2.69. The van der Waals surface area contributed by atoms with Gasteiger partial charge in [0, 0.05) is 24.9 Å². The third kappa shape index (κ3) is 3.86. The summed E-state index contributed by atoms with van der Waals surface area (Å²) in [5.74, 6) is 1.37. The number of aryl methyl sites for hydroxylation is 1. The highest BCUT2D eigenvalue weighted by molar-refractivity contribution is 5.45. The number of aromatic nitrogens is 6. The van der Waals surface area contributed by atoms with E-state index in [9.17, 15) is 13.2 Å². The van der Waals surface area contributed by atoms with Gasteiger partial charge in [-0.3, -0.25) is 0 Å². The second kappa shape index (κ2) is 6.65. The van der Waals surface area contributed by atoms with Gasteiger partial charge >= 0.3 is 6.18 Å². The lowest BCUT2D eigenvalue weighted by Gasteiger charge is -2.11. The fourth-order valence-electron chi connectivity index (χ4n) is 2.14. The molecule has 3 rings (SSSR count). The summed E-state index contributed by atoms with van der Waals surface area (Å²) < 4.78 is 45.1. The number of rotatable bonds is 6. The SMILES string of the molecule is CC(C)c1noc(CCCNc2cc(C(F)(F)F)nc3ncnn23)n1. The summed E-state index contributed by atoms with van der Waals surface area (Å²) in [6.45, 7) is 4.32. The Kier molecular flexibility index (Phi) is 4.55. The Morgan fingerprint density at radius 3 is 2.76 bits per heavy atom. The molecule has 8 nitrogen and oxygen atoms in total. The fraction of sp³-hybridized carbons (Fsp3) is 0.500. The largest absolute Gasteiger partial charge is 0.433 e. The highest BCUT2D eigenvalue weighted by atomic mass is 19.4. The molecule has 3 aromatic heterocycles. The number of hydrogen-bond acceptors (Lipinski definition) is 7. The van der Waals surface area contributed by atoms with E-state index in [0.717, 1.165) is 12.4 Å². The monoisotopic (exact) mass is 355 g/mol. The maximum atomic E-state index is 12.9. The number of fused-ring (bicyclic) bond motifs is 1. The molecule has 3 heterocycles. The Morgan fingerprint density at radius 1 is 1.28 bits per heavy atom. The number of hydrogen-bond donors (Lipinski definition) is 1. The van der Waals surface area contributed by atoms with E-state index in [2.05, 4.69) is 30.5 Å². The second-order valence-corrected chi connectivity index (χ2v) is 5.73. The second-order valence-electron chi connectivity index (χ2n) is 5.73. The summed E-state index contributed by atoms with van der Waals surface area (Å²) in [4.78, 5) is 11.4. The van der Waals surface area contributed by atoms with Gasteiger partial charge in [-0.15, -0.1) is 0 Å². The molecule has 0 fully saturated rings. The molecule has 0 aliphatic heterocycles. The Bertz CT molecular complexity index is 856. The summed E-state index contributed by atoms with van der Waals surface area (Å²) in [6, 6.07) is 0.908. The van der Waals surface area contributed by atoms with Crippen LogP contribution in [0.4, 0.5) is 19.0 Å². The lowest BCUT2D eigenvalue weighted by atomic mass is 10.2. The van der Waals surface area contributed by atoms with Crippen LogP contribution in [0, 0.1) is 0 Å². The van der Waals surface area contributed by atoms with Crippen molar-refractivity contribution < 1.29 is 17.7 Å². The molecule has 0 amide bonds. The van der Waals surface area contributed by atoms with Crippen molar-refractivity contribution in [1.29, 1.82) is 0 Å². The van der Waals surface area contributed by atoms with E-state index in [1.165, 1.54) is 4.52 Å². The molecule has 0 bridgehead atoms. The molecule has 0 aromatic carbocycles. The highest BCUT2D eigenvalue weighted by Gasteiger charge is 2.34. The van der Waals surface area contributed by atoms with Gasteiger partial charge in [-0.2, -0.15) is 32.8 Å². The molecular formula is C14H16F3N7O. The molecule has 0 aliphatic rings. The van der Waals surface area contributed by atoms with Crippen molar-refractivity contribution in [3.8, 4) is 0 Å². The van der Waals surface area contributed by atoms with E-state index in [1.807, 2.05) is 13.8 Å². The first-order chi connectivity index (χ1) is 11.8. The zero-order chi connectivity index (χ0) is 18.0. The molecule has 0 saturated heterocycles. The molecule has 11 heteroatoms. The molecule has 1 N–H and O–H groups in total. The van der Waals surface area contributed by atoms with Crippen LogP contribution >= 0.6 is 0 Å². The summed E-state index contributed by atoms with van der Waals surface area (Å²) in [6.07, 6.45) is -2.29. The van der Waals surface area contributed by atoms with E-state index in [4.69, 9.17) is 4.52 Å². The van der Waals surface area contributed by atoms with Crippen LogP contribution in [-0.2, 0) is 12.6 Å². The van der Waals surface area contributed by atoms with Crippen molar-refractivity contribution in [3.63, 3.8) is 0 Å². The summed E-state index contributed by atoms with van der Waals surface area (Å²) >= 11 is 0. The lowest BCUT2D eigenvalue weighted by Crippen LogP contribution is -2.14. The number of halogens is 3. The van der Waals surface area contributed by atoms with Gasteiger partial charge in [-0.1, -0.05) is 19.0 Å². The van der Waals surface area contributed by atoms with Gasteiger partial charge < -0.3 is 9.84 Å². The van der Waals surface area contributed by atoms with Crippen molar-refractivity contribution in [2.45, 2.75) is 38.8 Å². The Labute approximate surface area is 140 Å². The van der Waals surface area contributed by atoms with Gasteiger partial charge in [0.05, 0.1) is 0 Å². The van der Waals surface area contributed by atoms with Crippen LogP contribution in [0.2, 0.25) is 0 Å². The minimum absolute atomic E-state index is 0.115. The van der Waals surface area contributed by atoms with Gasteiger partial charge in [0.25, 0.3) is 5.78 Å². The minimum atomic E-state index is -4.55. The molecule has 0 unspecified atom stereocenters. The van der Waals surface area contributed by atoms with E-state index >= 15 is 0 Å². The van der Waals surface area contributed by atoms with Crippen LogP contribution in [0.25, 0.3) is 5.78 Å². The molecule has 0 atom stereocenters. The Morgan fingerprint density at radius 2 is 2.08 bits per heavy atom.